The molecule has 3 nitrogen and oxygen atoms in total. The molecule has 1 fully saturated rings. The molecule has 0 saturated carbocycles. The summed E-state index contributed by atoms with van der Waals surface area (Å²) in [6, 6.07) is 18.5. The summed E-state index contributed by atoms with van der Waals surface area (Å²) >= 11 is 0. The molecule has 24 heavy (non-hydrogen) atoms. The molecule has 0 spiro atoms. The van der Waals surface area contributed by atoms with Crippen molar-refractivity contribution in [1.29, 1.82) is 0 Å². The number of piperidine rings is 1. The van der Waals surface area contributed by atoms with Crippen molar-refractivity contribution in [1.82, 2.24) is 10.2 Å². The molecule has 3 heteroatoms. The Morgan fingerprint density at radius 2 is 1.88 bits per heavy atom. The van der Waals surface area contributed by atoms with Crippen molar-refractivity contribution in [3.63, 3.8) is 0 Å². The average Bonchev–Trinajstić information content (AvgIpc) is 2.60. The summed E-state index contributed by atoms with van der Waals surface area (Å²) in [6.45, 7) is 4.02. The van der Waals surface area contributed by atoms with Gasteiger partial charge < -0.3 is 10.2 Å². The molecule has 0 unspecified atom stereocenters. The van der Waals surface area contributed by atoms with E-state index in [0.29, 0.717) is 0 Å². The van der Waals surface area contributed by atoms with E-state index in [0.717, 1.165) is 37.1 Å². The van der Waals surface area contributed by atoms with Crippen LogP contribution in [0.15, 0.2) is 54.6 Å². The minimum atomic E-state index is -0.0918. The van der Waals surface area contributed by atoms with Crippen LogP contribution in [0.25, 0.3) is 0 Å². The second-order valence-electron chi connectivity index (χ2n) is 6.87. The fraction of sp³-hybridized carbons (Fsp3) is 0.381. The summed E-state index contributed by atoms with van der Waals surface area (Å²) in [4.78, 5) is 15.1. The monoisotopic (exact) mass is 322 g/mol. The van der Waals surface area contributed by atoms with E-state index in [4.69, 9.17) is 0 Å². The van der Waals surface area contributed by atoms with Crippen molar-refractivity contribution < 1.29 is 4.79 Å². The Balaban J connectivity index is 1.84. The van der Waals surface area contributed by atoms with E-state index in [9.17, 15) is 4.79 Å². The number of aryl methyl sites for hydroxylation is 1. The van der Waals surface area contributed by atoms with Gasteiger partial charge in [0.15, 0.2) is 0 Å². The number of likely N-dealkylation sites (tertiary alicyclic amines) is 1. The van der Waals surface area contributed by atoms with Crippen LogP contribution in [-0.2, 0) is 4.79 Å². The van der Waals surface area contributed by atoms with Crippen molar-refractivity contribution in [3.8, 4) is 0 Å². The van der Waals surface area contributed by atoms with E-state index < -0.39 is 0 Å². The molecule has 2 aromatic carbocycles. The molecule has 1 aliphatic heterocycles. The molecular weight excluding hydrogens is 296 g/mol. The summed E-state index contributed by atoms with van der Waals surface area (Å²) < 4.78 is 0. The zero-order chi connectivity index (χ0) is 16.9. The minimum absolute atomic E-state index is 0.0831. The summed E-state index contributed by atoms with van der Waals surface area (Å²) in [5.41, 5.74) is 3.47. The smallest absolute Gasteiger partial charge is 0.225 e. The lowest BCUT2D eigenvalue weighted by atomic mass is 9.94. The third-order valence-electron chi connectivity index (χ3n) is 4.79. The average molecular weight is 322 g/mol. The number of carbonyl (C=O) groups is 1. The van der Waals surface area contributed by atoms with Crippen molar-refractivity contribution in [2.75, 3.05) is 20.1 Å². The van der Waals surface area contributed by atoms with E-state index in [-0.39, 0.29) is 17.9 Å². The molecule has 2 atom stereocenters. The summed E-state index contributed by atoms with van der Waals surface area (Å²) in [7, 11) is 2.09. The van der Waals surface area contributed by atoms with Gasteiger partial charge in [0.05, 0.1) is 12.0 Å². The van der Waals surface area contributed by atoms with Gasteiger partial charge in [-0.25, -0.2) is 0 Å². The molecule has 3 rings (SSSR count). The lowest BCUT2D eigenvalue weighted by Crippen LogP contribution is -2.42. The molecule has 0 aliphatic carbocycles. The Kier molecular flexibility index (Phi) is 5.31. The Bertz CT molecular complexity index is 683. The number of rotatable bonds is 4. The van der Waals surface area contributed by atoms with Crippen LogP contribution in [-0.4, -0.2) is 30.9 Å². The van der Waals surface area contributed by atoms with Crippen molar-refractivity contribution in [2.45, 2.75) is 25.8 Å². The molecule has 126 valence electrons. The molecule has 1 aliphatic rings. The predicted octanol–water partition coefficient (Wildman–Crippen LogP) is 3.54. The molecule has 1 N–H and O–H groups in total. The number of benzene rings is 2. The van der Waals surface area contributed by atoms with E-state index in [1.54, 1.807) is 0 Å². The van der Waals surface area contributed by atoms with E-state index in [2.05, 4.69) is 60.6 Å². The minimum Gasteiger partial charge on any atom is -0.345 e. The van der Waals surface area contributed by atoms with Gasteiger partial charge in [0.25, 0.3) is 0 Å². The Labute approximate surface area is 144 Å². The molecule has 0 radical (unpaired) electrons. The highest BCUT2D eigenvalue weighted by Crippen LogP contribution is 2.24. The van der Waals surface area contributed by atoms with E-state index >= 15 is 0 Å². The molecule has 1 amide bonds. The second kappa shape index (κ2) is 7.63. The van der Waals surface area contributed by atoms with Crippen LogP contribution in [0.4, 0.5) is 0 Å². The number of hydrogen-bond donors (Lipinski definition) is 1. The number of nitrogens with zero attached hydrogens (tertiary/aromatic N) is 1. The number of hydrogen-bond acceptors (Lipinski definition) is 2. The first-order chi connectivity index (χ1) is 11.6. The molecule has 1 saturated heterocycles. The van der Waals surface area contributed by atoms with Crippen LogP contribution in [0.2, 0.25) is 0 Å². The van der Waals surface area contributed by atoms with Crippen LogP contribution >= 0.6 is 0 Å². The largest absolute Gasteiger partial charge is 0.345 e. The number of carbonyl (C=O) groups excluding carboxylic acids is 1. The fourth-order valence-corrected chi connectivity index (χ4v) is 3.49. The van der Waals surface area contributed by atoms with Gasteiger partial charge in [-0.1, -0.05) is 60.2 Å². The maximum Gasteiger partial charge on any atom is 0.225 e. The Hall–Kier alpha value is -2.13. The van der Waals surface area contributed by atoms with Crippen LogP contribution in [0.3, 0.4) is 0 Å². The van der Waals surface area contributed by atoms with Gasteiger partial charge in [-0.15, -0.1) is 0 Å². The third kappa shape index (κ3) is 4.04. The number of nitrogens with one attached hydrogen (secondary N) is 1. The topological polar surface area (TPSA) is 32.3 Å². The van der Waals surface area contributed by atoms with Gasteiger partial charge in [0.2, 0.25) is 5.91 Å². The van der Waals surface area contributed by atoms with Crippen molar-refractivity contribution in [2.24, 2.45) is 5.92 Å². The number of amides is 1. The predicted molar refractivity (Wildman–Crippen MR) is 97.8 cm³/mol. The Morgan fingerprint density at radius 3 is 2.58 bits per heavy atom. The van der Waals surface area contributed by atoms with Gasteiger partial charge in [0, 0.05) is 6.54 Å². The SMILES string of the molecule is Cc1cccc([C@H](NC(=O)[C@H]2CCCN(C)C2)c2ccccc2)c1. The van der Waals surface area contributed by atoms with Crippen LogP contribution < -0.4 is 5.32 Å². The molecule has 0 bridgehead atoms. The molecular formula is C21H26N2O. The first-order valence-corrected chi connectivity index (χ1v) is 8.74. The highest BCUT2D eigenvalue weighted by atomic mass is 16.2. The fourth-order valence-electron chi connectivity index (χ4n) is 3.49. The second-order valence-corrected chi connectivity index (χ2v) is 6.87. The van der Waals surface area contributed by atoms with E-state index in [1.807, 2.05) is 18.2 Å². The normalized spacial score (nSPS) is 19.7. The van der Waals surface area contributed by atoms with Crippen molar-refractivity contribution >= 4 is 5.91 Å². The summed E-state index contributed by atoms with van der Waals surface area (Å²) in [5, 5.41) is 3.30. The zero-order valence-electron chi connectivity index (χ0n) is 14.5. The van der Waals surface area contributed by atoms with Crippen LogP contribution in [0, 0.1) is 12.8 Å². The van der Waals surface area contributed by atoms with Crippen LogP contribution in [0.5, 0.6) is 0 Å². The standard InChI is InChI=1S/C21H26N2O/c1-16-8-6-11-18(14-16)20(17-9-4-3-5-10-17)22-21(24)19-12-7-13-23(2)15-19/h3-6,8-11,14,19-20H,7,12-13,15H2,1-2H3,(H,22,24)/t19-,20+/m0/s1. The highest BCUT2D eigenvalue weighted by Gasteiger charge is 2.26. The molecule has 1 heterocycles. The van der Waals surface area contributed by atoms with Crippen molar-refractivity contribution in [3.05, 3.63) is 71.3 Å². The van der Waals surface area contributed by atoms with Gasteiger partial charge >= 0.3 is 0 Å². The Morgan fingerprint density at radius 1 is 1.12 bits per heavy atom. The zero-order valence-corrected chi connectivity index (χ0v) is 14.5. The summed E-state index contributed by atoms with van der Waals surface area (Å²) in [5.74, 6) is 0.247. The van der Waals surface area contributed by atoms with Gasteiger partial charge in [0.1, 0.15) is 0 Å². The summed E-state index contributed by atoms with van der Waals surface area (Å²) in [6.07, 6.45) is 2.07. The quantitative estimate of drug-likeness (QED) is 0.934. The first kappa shape index (κ1) is 16.7. The highest BCUT2D eigenvalue weighted by molar-refractivity contribution is 5.80. The first-order valence-electron chi connectivity index (χ1n) is 8.74. The van der Waals surface area contributed by atoms with E-state index in [1.165, 1.54) is 5.56 Å². The van der Waals surface area contributed by atoms with Gasteiger partial charge in [-0.05, 0) is 44.5 Å². The maximum absolute atomic E-state index is 12.8. The third-order valence-corrected chi connectivity index (χ3v) is 4.79. The molecule has 0 aromatic heterocycles. The van der Waals surface area contributed by atoms with Gasteiger partial charge in [-0.2, -0.15) is 0 Å². The lowest BCUT2D eigenvalue weighted by molar-refractivity contribution is -0.127. The maximum atomic E-state index is 12.8. The molecule has 2 aromatic rings. The lowest BCUT2D eigenvalue weighted by Gasteiger charge is -2.30. The van der Waals surface area contributed by atoms with Gasteiger partial charge in [-0.3, -0.25) is 4.79 Å². The van der Waals surface area contributed by atoms with Crippen LogP contribution in [0.1, 0.15) is 35.6 Å².